The molecule has 178 valence electrons. The highest BCUT2D eigenvalue weighted by Gasteiger charge is 2.31. The lowest BCUT2D eigenvalue weighted by molar-refractivity contribution is -0.137. The molecule has 0 spiro atoms. The third-order valence-corrected chi connectivity index (χ3v) is 6.51. The average molecular weight is 490 g/mol. The Hall–Kier alpha value is -3.59. The molecule has 2 N–H and O–H groups in total. The number of sulfonamides is 1. The molecule has 0 atom stereocenters. The first kappa shape index (κ1) is 25.0. The van der Waals surface area contributed by atoms with Gasteiger partial charge in [-0.05, 0) is 59.0 Å². The van der Waals surface area contributed by atoms with E-state index in [0.717, 1.165) is 18.2 Å². The van der Waals surface area contributed by atoms with Gasteiger partial charge < -0.3 is 5.11 Å². The smallest absolute Gasteiger partial charge is 0.416 e. The van der Waals surface area contributed by atoms with Gasteiger partial charge in [-0.2, -0.15) is 13.2 Å². The standard InChI is InChI=1S/C25H22F3NO4S/c1-16(2)21-5-3-4-6-23(21)34(32,33)29-22-14-13-20(25(26,27)28)15-19(22)12-9-17-7-10-18(11-8-17)24(30)31/h3-16,29H,1-2H3,(H,30,31)/b12-9+. The van der Waals surface area contributed by atoms with Crippen molar-refractivity contribution in [1.29, 1.82) is 0 Å². The number of carboxylic acid groups (broad SMARTS) is 1. The highest BCUT2D eigenvalue weighted by Crippen LogP contribution is 2.34. The van der Waals surface area contributed by atoms with Crippen LogP contribution >= 0.6 is 0 Å². The van der Waals surface area contributed by atoms with E-state index in [2.05, 4.69) is 4.72 Å². The zero-order chi connectivity index (χ0) is 25.1. The molecule has 0 aliphatic rings. The lowest BCUT2D eigenvalue weighted by Gasteiger charge is -2.17. The van der Waals surface area contributed by atoms with Crippen LogP contribution in [0.1, 0.15) is 52.4 Å². The maximum absolute atomic E-state index is 13.3. The molecule has 5 nitrogen and oxygen atoms in total. The van der Waals surface area contributed by atoms with E-state index >= 15 is 0 Å². The summed E-state index contributed by atoms with van der Waals surface area (Å²) in [7, 11) is -4.09. The van der Waals surface area contributed by atoms with Gasteiger partial charge in [0.25, 0.3) is 10.0 Å². The van der Waals surface area contributed by atoms with Crippen LogP contribution in [0.3, 0.4) is 0 Å². The van der Waals surface area contributed by atoms with Crippen LogP contribution in [0, 0.1) is 0 Å². The molecule has 3 aromatic rings. The van der Waals surface area contributed by atoms with Gasteiger partial charge in [-0.1, -0.05) is 56.3 Å². The molecule has 0 unspecified atom stereocenters. The van der Waals surface area contributed by atoms with E-state index in [9.17, 15) is 26.4 Å². The molecule has 0 bridgehead atoms. The van der Waals surface area contributed by atoms with Gasteiger partial charge in [-0.25, -0.2) is 13.2 Å². The van der Waals surface area contributed by atoms with Crippen molar-refractivity contribution in [3.05, 3.63) is 94.5 Å². The normalized spacial score (nSPS) is 12.3. The number of rotatable bonds is 7. The fraction of sp³-hybridized carbons (Fsp3) is 0.160. The molecule has 34 heavy (non-hydrogen) atoms. The Bertz CT molecular complexity index is 1330. The summed E-state index contributed by atoms with van der Waals surface area (Å²) in [5.41, 5.74) is 0.221. The quantitative estimate of drug-likeness (QED) is 0.371. The van der Waals surface area contributed by atoms with Crippen molar-refractivity contribution < 1.29 is 31.5 Å². The summed E-state index contributed by atoms with van der Waals surface area (Å²) in [5.74, 6) is -1.19. The van der Waals surface area contributed by atoms with E-state index in [1.54, 1.807) is 18.2 Å². The average Bonchev–Trinajstić information content (AvgIpc) is 2.77. The molecule has 0 saturated carbocycles. The number of nitrogens with one attached hydrogen (secondary N) is 1. The molecule has 0 aliphatic heterocycles. The van der Waals surface area contributed by atoms with Crippen LogP contribution in [0.2, 0.25) is 0 Å². The number of alkyl halides is 3. The third kappa shape index (κ3) is 5.85. The Morgan fingerprint density at radius 3 is 2.21 bits per heavy atom. The van der Waals surface area contributed by atoms with Crippen LogP contribution in [-0.2, 0) is 16.2 Å². The van der Waals surface area contributed by atoms with Crippen molar-refractivity contribution >= 4 is 33.8 Å². The molecule has 0 aliphatic carbocycles. The van der Waals surface area contributed by atoms with Crippen LogP contribution in [-0.4, -0.2) is 19.5 Å². The van der Waals surface area contributed by atoms with E-state index in [-0.39, 0.29) is 27.6 Å². The number of hydrogen-bond acceptors (Lipinski definition) is 3. The first-order valence-electron chi connectivity index (χ1n) is 10.2. The molecule has 0 aromatic heterocycles. The second kappa shape index (κ2) is 9.72. The Kier molecular flexibility index (Phi) is 7.16. The molecule has 0 radical (unpaired) electrons. The second-order valence-corrected chi connectivity index (χ2v) is 9.51. The van der Waals surface area contributed by atoms with Gasteiger partial charge in [0.05, 0.1) is 21.7 Å². The van der Waals surface area contributed by atoms with Crippen LogP contribution in [0.4, 0.5) is 18.9 Å². The molecule has 3 aromatic carbocycles. The lowest BCUT2D eigenvalue weighted by Crippen LogP contribution is -2.16. The number of hydrogen-bond donors (Lipinski definition) is 2. The summed E-state index contributed by atoms with van der Waals surface area (Å²) < 4.78 is 68.6. The second-order valence-electron chi connectivity index (χ2n) is 7.86. The lowest BCUT2D eigenvalue weighted by atomic mass is 10.0. The summed E-state index contributed by atoms with van der Waals surface area (Å²) in [6, 6.07) is 14.9. The predicted octanol–water partition coefficient (Wildman–Crippen LogP) is 6.50. The summed E-state index contributed by atoms with van der Waals surface area (Å²) >= 11 is 0. The van der Waals surface area contributed by atoms with E-state index in [1.807, 2.05) is 13.8 Å². The molecule has 3 rings (SSSR count). The number of benzene rings is 3. The fourth-order valence-electron chi connectivity index (χ4n) is 3.29. The third-order valence-electron chi connectivity index (χ3n) is 5.07. The monoisotopic (exact) mass is 489 g/mol. The summed E-state index contributed by atoms with van der Waals surface area (Å²) in [6.45, 7) is 3.69. The minimum absolute atomic E-state index is 0.00254. The van der Waals surface area contributed by atoms with Gasteiger partial charge >= 0.3 is 12.1 Å². The SMILES string of the molecule is CC(C)c1ccccc1S(=O)(=O)Nc1ccc(C(F)(F)F)cc1/C=C/c1ccc(C(=O)O)cc1. The maximum Gasteiger partial charge on any atom is 0.416 e. The van der Waals surface area contributed by atoms with Crippen LogP contribution in [0.15, 0.2) is 71.6 Å². The van der Waals surface area contributed by atoms with E-state index in [0.29, 0.717) is 11.1 Å². The number of aromatic carboxylic acids is 1. The summed E-state index contributed by atoms with van der Waals surface area (Å²) in [4.78, 5) is 11.0. The van der Waals surface area contributed by atoms with Gasteiger partial charge in [0.2, 0.25) is 0 Å². The summed E-state index contributed by atoms with van der Waals surface area (Å²) in [6.07, 6.45) is -1.80. The predicted molar refractivity (Wildman–Crippen MR) is 125 cm³/mol. The molecule has 9 heteroatoms. The first-order valence-corrected chi connectivity index (χ1v) is 11.7. The van der Waals surface area contributed by atoms with Crippen molar-refractivity contribution in [2.24, 2.45) is 0 Å². The van der Waals surface area contributed by atoms with Crippen LogP contribution in [0.25, 0.3) is 12.2 Å². The first-order chi connectivity index (χ1) is 15.9. The summed E-state index contributed by atoms with van der Waals surface area (Å²) in [5, 5.41) is 8.99. The zero-order valence-electron chi connectivity index (χ0n) is 18.3. The zero-order valence-corrected chi connectivity index (χ0v) is 19.1. The molecule has 0 heterocycles. The Labute approximate surface area is 195 Å². The van der Waals surface area contributed by atoms with E-state index in [4.69, 9.17) is 5.11 Å². The molecule has 0 fully saturated rings. The minimum Gasteiger partial charge on any atom is -0.478 e. The Morgan fingerprint density at radius 1 is 0.971 bits per heavy atom. The van der Waals surface area contributed by atoms with Gasteiger partial charge in [-0.3, -0.25) is 4.72 Å². The Balaban J connectivity index is 2.03. The minimum atomic E-state index is -4.62. The van der Waals surface area contributed by atoms with Gasteiger partial charge in [0.1, 0.15) is 0 Å². The van der Waals surface area contributed by atoms with Crippen molar-refractivity contribution in [2.45, 2.75) is 30.8 Å². The number of anilines is 1. The Morgan fingerprint density at radius 2 is 1.62 bits per heavy atom. The van der Waals surface area contributed by atoms with Gasteiger partial charge in [0.15, 0.2) is 0 Å². The van der Waals surface area contributed by atoms with Crippen molar-refractivity contribution in [1.82, 2.24) is 0 Å². The fourth-order valence-corrected chi connectivity index (χ4v) is 4.75. The number of carboxylic acids is 1. The van der Waals surface area contributed by atoms with Crippen LogP contribution in [0.5, 0.6) is 0 Å². The maximum atomic E-state index is 13.3. The highest BCUT2D eigenvalue weighted by molar-refractivity contribution is 7.92. The number of halogens is 3. The van der Waals surface area contributed by atoms with Gasteiger partial charge in [0, 0.05) is 0 Å². The van der Waals surface area contributed by atoms with Crippen LogP contribution < -0.4 is 4.72 Å². The van der Waals surface area contributed by atoms with Crippen molar-refractivity contribution in [3.8, 4) is 0 Å². The molecule has 0 amide bonds. The van der Waals surface area contributed by atoms with E-state index in [1.165, 1.54) is 42.5 Å². The molecular formula is C25H22F3NO4S. The van der Waals surface area contributed by atoms with E-state index < -0.39 is 27.7 Å². The topological polar surface area (TPSA) is 83.5 Å². The largest absolute Gasteiger partial charge is 0.478 e. The highest BCUT2D eigenvalue weighted by atomic mass is 32.2. The molecule has 0 saturated heterocycles. The van der Waals surface area contributed by atoms with Gasteiger partial charge in [-0.15, -0.1) is 0 Å². The number of carbonyl (C=O) groups is 1. The molecular weight excluding hydrogens is 467 g/mol. The van der Waals surface area contributed by atoms with Crippen molar-refractivity contribution in [3.63, 3.8) is 0 Å². The van der Waals surface area contributed by atoms with Crippen molar-refractivity contribution in [2.75, 3.05) is 4.72 Å².